The molecule has 10 nitrogen and oxygen atoms in total. The minimum atomic E-state index is -4.71. The van der Waals surface area contributed by atoms with Crippen LogP contribution in [0.15, 0.2) is 53.2 Å². The molecule has 4 N–H and O–H groups in total. The number of urea groups is 1. The van der Waals surface area contributed by atoms with E-state index in [-0.39, 0.29) is 29.7 Å². The van der Waals surface area contributed by atoms with Crippen LogP contribution < -0.4 is 21.0 Å². The molecule has 1 fully saturated rings. The molecule has 0 unspecified atom stereocenters. The van der Waals surface area contributed by atoms with E-state index < -0.39 is 23.7 Å². The number of carbonyl (C=O) groups is 2. The van der Waals surface area contributed by atoms with Gasteiger partial charge in [0, 0.05) is 31.6 Å². The number of carbonyl (C=O) groups excluding carboxylic acids is 2. The Kier molecular flexibility index (Phi) is 9.61. The van der Waals surface area contributed by atoms with Gasteiger partial charge in [-0.15, -0.1) is 0 Å². The van der Waals surface area contributed by atoms with Gasteiger partial charge in [-0.2, -0.15) is 13.2 Å². The molecule has 1 aromatic heterocycles. The van der Waals surface area contributed by atoms with Crippen LogP contribution >= 0.6 is 0 Å². The van der Waals surface area contributed by atoms with Crippen LogP contribution in [0.25, 0.3) is 5.32 Å². The van der Waals surface area contributed by atoms with Crippen LogP contribution in [-0.4, -0.2) is 42.7 Å². The van der Waals surface area contributed by atoms with Gasteiger partial charge in [-0.1, -0.05) is 28.9 Å². The first kappa shape index (κ1) is 30.0. The van der Waals surface area contributed by atoms with Gasteiger partial charge < -0.3 is 31.1 Å². The number of rotatable bonds is 9. The van der Waals surface area contributed by atoms with E-state index in [0.29, 0.717) is 18.0 Å². The van der Waals surface area contributed by atoms with Gasteiger partial charge in [0.25, 0.3) is 0 Å². The first-order valence-corrected chi connectivity index (χ1v) is 13.3. The molecule has 0 saturated heterocycles. The van der Waals surface area contributed by atoms with Crippen molar-refractivity contribution in [3.8, 4) is 0 Å². The van der Waals surface area contributed by atoms with Gasteiger partial charge in [0.2, 0.25) is 18.0 Å². The lowest BCUT2D eigenvalue weighted by Crippen LogP contribution is -2.43. The van der Waals surface area contributed by atoms with Crippen molar-refractivity contribution in [3.05, 3.63) is 70.7 Å². The SMILES string of the molecule is CN(C)CC1CCC([n+]2cc([N-]C(=O)Nc3cc(NC(=O)Cc4cccc(CN)c4)cc(C(F)(F)F)c3)on2)CC1. The Morgan fingerprint density at radius 1 is 1.07 bits per heavy atom. The number of benzene rings is 2. The highest BCUT2D eigenvalue weighted by atomic mass is 19.4. The molecule has 1 heterocycles. The van der Waals surface area contributed by atoms with Crippen LogP contribution in [0.1, 0.15) is 48.4 Å². The minimum absolute atomic E-state index is 0.0656. The van der Waals surface area contributed by atoms with E-state index in [0.717, 1.165) is 49.9 Å². The largest absolute Gasteiger partial charge is 0.424 e. The van der Waals surface area contributed by atoms with E-state index in [2.05, 4.69) is 40.2 Å². The number of hydrogen-bond donors (Lipinski definition) is 3. The highest BCUT2D eigenvalue weighted by molar-refractivity contribution is 6.04. The monoisotopic (exact) mass is 573 g/mol. The quantitative estimate of drug-likeness (QED) is 0.304. The van der Waals surface area contributed by atoms with Gasteiger partial charge in [0.15, 0.2) is 17.3 Å². The van der Waals surface area contributed by atoms with Crippen molar-refractivity contribution < 1.29 is 32.0 Å². The highest BCUT2D eigenvalue weighted by Gasteiger charge is 2.32. The number of nitrogens with one attached hydrogen (secondary N) is 2. The number of amides is 3. The normalized spacial score (nSPS) is 17.3. The average Bonchev–Trinajstić information content (AvgIpc) is 3.36. The Morgan fingerprint density at radius 3 is 2.41 bits per heavy atom. The van der Waals surface area contributed by atoms with E-state index in [1.54, 1.807) is 22.9 Å². The molecule has 4 rings (SSSR count). The zero-order chi connectivity index (χ0) is 29.6. The van der Waals surface area contributed by atoms with Crippen LogP contribution in [0.5, 0.6) is 0 Å². The summed E-state index contributed by atoms with van der Waals surface area (Å²) in [6.07, 6.45) is 0.651. The predicted molar refractivity (Wildman–Crippen MR) is 146 cm³/mol. The van der Waals surface area contributed by atoms with Crippen LogP contribution in [0, 0.1) is 5.92 Å². The van der Waals surface area contributed by atoms with Crippen molar-refractivity contribution in [3.63, 3.8) is 0 Å². The third kappa shape index (κ3) is 8.76. The third-order valence-corrected chi connectivity index (χ3v) is 6.88. The summed E-state index contributed by atoms with van der Waals surface area (Å²) in [7, 11) is 4.11. The number of anilines is 2. The van der Waals surface area contributed by atoms with E-state index in [1.165, 1.54) is 12.3 Å². The topological polar surface area (TPSA) is 131 Å². The standard InChI is InChI=1S/C28H34F3N7O3/c1-37(2)16-18-6-8-24(9-7-18)38-17-26(41-36-38)35-27(40)34-23-13-21(28(29,30)31)12-22(14-23)33-25(39)11-19-4-3-5-20(10-19)15-32/h3-5,10,12-14,17-18,24H,6-9,11,15-16,32H2,1-2H3,(H2-,33,34,35,36,39,40). The number of halogens is 3. The molecule has 0 spiro atoms. The molecule has 3 aromatic rings. The van der Waals surface area contributed by atoms with Crippen molar-refractivity contribution >= 4 is 29.2 Å². The molecule has 0 bridgehead atoms. The molecule has 0 radical (unpaired) electrons. The summed E-state index contributed by atoms with van der Waals surface area (Å²) in [5, 5.41) is 12.6. The Balaban J connectivity index is 1.38. The molecular formula is C28H34F3N7O3. The molecule has 1 aliphatic carbocycles. The molecule has 13 heteroatoms. The first-order valence-electron chi connectivity index (χ1n) is 13.3. The second-order valence-electron chi connectivity index (χ2n) is 10.5. The third-order valence-electron chi connectivity index (χ3n) is 6.88. The maximum absolute atomic E-state index is 13.6. The van der Waals surface area contributed by atoms with Crippen molar-refractivity contribution in [2.75, 3.05) is 31.3 Å². The van der Waals surface area contributed by atoms with Crippen molar-refractivity contribution in [2.45, 2.75) is 50.9 Å². The Labute approximate surface area is 236 Å². The second-order valence-corrected chi connectivity index (χ2v) is 10.5. The molecule has 1 aliphatic rings. The molecule has 1 saturated carbocycles. The summed E-state index contributed by atoms with van der Waals surface area (Å²) in [5.74, 6) is 0.0220. The molecule has 2 aromatic carbocycles. The number of alkyl halides is 3. The molecule has 41 heavy (non-hydrogen) atoms. The highest BCUT2D eigenvalue weighted by Crippen LogP contribution is 2.34. The fourth-order valence-electron chi connectivity index (χ4n) is 5.02. The summed E-state index contributed by atoms with van der Waals surface area (Å²) >= 11 is 0. The van der Waals surface area contributed by atoms with Gasteiger partial charge in [-0.25, -0.2) is 0 Å². The maximum Gasteiger partial charge on any atom is 0.416 e. The summed E-state index contributed by atoms with van der Waals surface area (Å²) in [6, 6.07) is 9.00. The molecular weight excluding hydrogens is 539 g/mol. The van der Waals surface area contributed by atoms with Crippen LogP contribution in [0.4, 0.5) is 35.2 Å². The van der Waals surface area contributed by atoms with Crippen molar-refractivity contribution in [1.29, 1.82) is 0 Å². The summed E-state index contributed by atoms with van der Waals surface area (Å²) in [6.45, 7) is 1.32. The first-order chi connectivity index (χ1) is 19.5. The molecule has 3 amide bonds. The lowest BCUT2D eigenvalue weighted by molar-refractivity contribution is -0.787. The van der Waals surface area contributed by atoms with E-state index >= 15 is 0 Å². The van der Waals surface area contributed by atoms with Crippen molar-refractivity contribution in [2.24, 2.45) is 11.7 Å². The molecule has 220 valence electrons. The van der Waals surface area contributed by atoms with E-state index in [1.807, 2.05) is 6.07 Å². The van der Waals surface area contributed by atoms with Crippen LogP contribution in [0.3, 0.4) is 0 Å². The van der Waals surface area contributed by atoms with Crippen LogP contribution in [-0.2, 0) is 23.9 Å². The van der Waals surface area contributed by atoms with Crippen LogP contribution in [0.2, 0.25) is 0 Å². The molecule has 0 atom stereocenters. The zero-order valence-electron chi connectivity index (χ0n) is 22.9. The zero-order valence-corrected chi connectivity index (χ0v) is 22.9. The van der Waals surface area contributed by atoms with E-state index in [9.17, 15) is 22.8 Å². The Bertz CT molecular complexity index is 1350. The molecule has 0 aliphatic heterocycles. The second kappa shape index (κ2) is 13.1. The summed E-state index contributed by atoms with van der Waals surface area (Å²) < 4.78 is 47.5. The van der Waals surface area contributed by atoms with Gasteiger partial charge in [0.05, 0.1) is 12.0 Å². The lowest BCUT2D eigenvalue weighted by atomic mass is 9.86. The Hall–Kier alpha value is -3.97. The summed E-state index contributed by atoms with van der Waals surface area (Å²) in [5.41, 5.74) is 5.75. The summed E-state index contributed by atoms with van der Waals surface area (Å²) in [4.78, 5) is 27.3. The number of aromatic nitrogens is 2. The van der Waals surface area contributed by atoms with E-state index in [4.69, 9.17) is 10.3 Å². The number of nitrogens with two attached hydrogens (primary N) is 1. The van der Waals surface area contributed by atoms with Gasteiger partial charge in [0.1, 0.15) is 0 Å². The smallest absolute Gasteiger partial charge is 0.416 e. The fourth-order valence-corrected chi connectivity index (χ4v) is 5.02. The minimum Gasteiger partial charge on any atom is -0.424 e. The average molecular weight is 574 g/mol. The predicted octanol–water partition coefficient (Wildman–Crippen LogP) is 5.15. The maximum atomic E-state index is 13.6. The van der Waals surface area contributed by atoms with Gasteiger partial charge >= 0.3 is 6.18 Å². The van der Waals surface area contributed by atoms with Crippen molar-refractivity contribution in [1.82, 2.24) is 10.2 Å². The lowest BCUT2D eigenvalue weighted by Gasteiger charge is -2.26. The van der Waals surface area contributed by atoms with Gasteiger partial charge in [-0.05, 0) is 67.9 Å². The van der Waals surface area contributed by atoms with Gasteiger partial charge in [-0.3, -0.25) is 9.59 Å². The Morgan fingerprint density at radius 2 is 1.76 bits per heavy atom. The number of nitrogens with zero attached hydrogens (tertiary/aromatic N) is 4. The fraction of sp³-hybridized carbons (Fsp3) is 0.429. The number of hydrogen-bond acceptors (Lipinski definition) is 6.